The number of alkyl halides is 2. The molecule has 0 saturated carbocycles. The normalized spacial score (nSPS) is 10.4. The van der Waals surface area contributed by atoms with Crippen LogP contribution in [0.5, 0.6) is 0 Å². The number of rotatable bonds is 6. The van der Waals surface area contributed by atoms with Crippen LogP contribution in [0.1, 0.15) is 9.75 Å². The van der Waals surface area contributed by atoms with Gasteiger partial charge >= 0.3 is 0 Å². The van der Waals surface area contributed by atoms with Crippen LogP contribution >= 0.6 is 45.9 Å². The third-order valence-corrected chi connectivity index (χ3v) is 4.50. The SMILES string of the molecule is O=C(CCl)Nc1ncc(Cc2cnc(NC(=O)CCl)s2)s1. The van der Waals surface area contributed by atoms with Crippen molar-refractivity contribution in [2.24, 2.45) is 0 Å². The molecule has 112 valence electrons. The van der Waals surface area contributed by atoms with Crippen molar-refractivity contribution in [3.63, 3.8) is 0 Å². The van der Waals surface area contributed by atoms with E-state index in [1.54, 1.807) is 12.4 Å². The van der Waals surface area contributed by atoms with E-state index in [1.165, 1.54) is 22.7 Å². The van der Waals surface area contributed by atoms with E-state index in [2.05, 4.69) is 20.6 Å². The van der Waals surface area contributed by atoms with Gasteiger partial charge in [-0.3, -0.25) is 9.59 Å². The maximum atomic E-state index is 11.1. The Morgan fingerprint density at radius 3 is 1.76 bits per heavy atom. The first-order chi connectivity index (χ1) is 10.1. The van der Waals surface area contributed by atoms with Gasteiger partial charge in [-0.2, -0.15) is 0 Å². The Morgan fingerprint density at radius 1 is 0.952 bits per heavy atom. The molecule has 0 bridgehead atoms. The number of nitrogens with zero attached hydrogens (tertiary/aromatic N) is 2. The smallest absolute Gasteiger partial charge is 0.241 e. The van der Waals surface area contributed by atoms with Gasteiger partial charge in [0.25, 0.3) is 0 Å². The van der Waals surface area contributed by atoms with Gasteiger partial charge in [-0.1, -0.05) is 0 Å². The second-order valence-electron chi connectivity index (χ2n) is 3.80. The van der Waals surface area contributed by atoms with Crippen LogP contribution in [0.4, 0.5) is 10.3 Å². The lowest BCUT2D eigenvalue weighted by atomic mass is 10.3. The number of carbonyl (C=O) groups excluding carboxylic acids is 2. The van der Waals surface area contributed by atoms with E-state index < -0.39 is 0 Å². The van der Waals surface area contributed by atoms with Gasteiger partial charge in [-0.25, -0.2) is 9.97 Å². The molecule has 0 saturated heterocycles. The highest BCUT2D eigenvalue weighted by atomic mass is 35.5. The summed E-state index contributed by atoms with van der Waals surface area (Å²) in [6.07, 6.45) is 4.00. The highest BCUT2D eigenvalue weighted by Crippen LogP contribution is 2.25. The summed E-state index contributed by atoms with van der Waals surface area (Å²) in [5.74, 6) is -0.788. The molecule has 0 aromatic carbocycles. The van der Waals surface area contributed by atoms with Crippen LogP contribution in [-0.4, -0.2) is 33.5 Å². The third kappa shape index (κ3) is 4.92. The molecule has 0 spiro atoms. The second-order valence-corrected chi connectivity index (χ2v) is 6.57. The van der Waals surface area contributed by atoms with E-state index in [4.69, 9.17) is 23.2 Å². The lowest BCUT2D eigenvalue weighted by Crippen LogP contribution is -2.11. The number of halogens is 2. The van der Waals surface area contributed by atoms with E-state index in [1.807, 2.05) is 0 Å². The molecule has 0 aliphatic heterocycles. The molecule has 2 aromatic heterocycles. The van der Waals surface area contributed by atoms with Crippen molar-refractivity contribution in [3.05, 3.63) is 22.1 Å². The van der Waals surface area contributed by atoms with Crippen molar-refractivity contribution >= 4 is 68.0 Å². The quantitative estimate of drug-likeness (QED) is 0.771. The molecule has 10 heteroatoms. The first-order valence-corrected chi connectivity index (χ1v) is 8.42. The predicted molar refractivity (Wildman–Crippen MR) is 85.7 cm³/mol. The van der Waals surface area contributed by atoms with E-state index in [9.17, 15) is 9.59 Å². The van der Waals surface area contributed by atoms with Crippen molar-refractivity contribution in [2.75, 3.05) is 22.4 Å². The summed E-state index contributed by atoms with van der Waals surface area (Å²) in [4.78, 5) is 32.4. The first kappa shape index (κ1) is 16.2. The molecular formula is C11H10Cl2N4O2S2. The van der Waals surface area contributed by atoms with E-state index in [0.717, 1.165) is 9.75 Å². The highest BCUT2D eigenvalue weighted by Gasteiger charge is 2.09. The average molecular weight is 365 g/mol. The topological polar surface area (TPSA) is 84.0 Å². The number of aromatic nitrogens is 2. The Kier molecular flexibility index (Phi) is 5.92. The fourth-order valence-electron chi connectivity index (χ4n) is 1.37. The van der Waals surface area contributed by atoms with E-state index in [0.29, 0.717) is 16.7 Å². The van der Waals surface area contributed by atoms with Crippen LogP contribution in [-0.2, 0) is 16.0 Å². The molecule has 2 heterocycles. The summed E-state index contributed by atoms with van der Waals surface area (Å²) in [6.45, 7) is 0. The predicted octanol–water partition coefficient (Wildman–Crippen LogP) is 2.54. The zero-order valence-corrected chi connectivity index (χ0v) is 13.7. The molecule has 0 fully saturated rings. The summed E-state index contributed by atoms with van der Waals surface area (Å²) < 4.78 is 0. The fourth-order valence-corrected chi connectivity index (χ4v) is 3.30. The Balaban J connectivity index is 1.95. The lowest BCUT2D eigenvalue weighted by molar-refractivity contribution is -0.114. The molecule has 0 unspecified atom stereocenters. The van der Waals surface area contributed by atoms with Gasteiger partial charge in [0.2, 0.25) is 11.8 Å². The average Bonchev–Trinajstić information content (AvgIpc) is 3.09. The van der Waals surface area contributed by atoms with Crippen molar-refractivity contribution in [1.29, 1.82) is 0 Å². The van der Waals surface area contributed by atoms with E-state index >= 15 is 0 Å². The number of carbonyl (C=O) groups is 2. The summed E-state index contributed by atoms with van der Waals surface area (Å²) in [6, 6.07) is 0. The maximum Gasteiger partial charge on any atom is 0.241 e. The van der Waals surface area contributed by atoms with Crippen LogP contribution in [0, 0.1) is 0 Å². The summed E-state index contributed by atoms with van der Waals surface area (Å²) in [7, 11) is 0. The molecular weight excluding hydrogens is 355 g/mol. The Morgan fingerprint density at radius 2 is 1.38 bits per heavy atom. The number of hydrogen-bond acceptors (Lipinski definition) is 6. The van der Waals surface area contributed by atoms with Gasteiger partial charge in [0.15, 0.2) is 10.3 Å². The Hall–Kier alpha value is -1.22. The number of amides is 2. The standard InChI is InChI=1S/C11H10Cl2N4O2S2/c12-2-8(18)16-10-14-4-6(20-10)1-7-5-15-11(21-7)17-9(19)3-13/h4-5H,1-3H2,(H,14,16,18)(H,15,17,19). The number of thiazole rings is 2. The van der Waals surface area contributed by atoms with E-state index in [-0.39, 0.29) is 23.6 Å². The lowest BCUT2D eigenvalue weighted by Gasteiger charge is -1.96. The molecule has 0 atom stereocenters. The second kappa shape index (κ2) is 7.69. The van der Waals surface area contributed by atoms with Crippen LogP contribution < -0.4 is 10.6 Å². The summed E-state index contributed by atoms with van der Waals surface area (Å²) in [5, 5.41) is 6.20. The minimum atomic E-state index is -0.290. The minimum Gasteiger partial charge on any atom is -0.301 e. The van der Waals surface area contributed by atoms with Crippen LogP contribution in [0.25, 0.3) is 0 Å². The molecule has 2 amide bonds. The van der Waals surface area contributed by atoms with Crippen LogP contribution in [0.3, 0.4) is 0 Å². The molecule has 2 aromatic rings. The molecule has 21 heavy (non-hydrogen) atoms. The summed E-state index contributed by atoms with van der Waals surface area (Å²) >= 11 is 13.6. The molecule has 2 rings (SSSR count). The van der Waals surface area contributed by atoms with Gasteiger partial charge in [0.05, 0.1) is 0 Å². The molecule has 0 aliphatic rings. The van der Waals surface area contributed by atoms with Gasteiger partial charge in [0.1, 0.15) is 11.8 Å². The minimum absolute atomic E-state index is 0.104. The largest absolute Gasteiger partial charge is 0.301 e. The van der Waals surface area contributed by atoms with Crippen molar-refractivity contribution in [1.82, 2.24) is 9.97 Å². The summed E-state index contributed by atoms with van der Waals surface area (Å²) in [5.41, 5.74) is 0. The van der Waals surface area contributed by atoms with Gasteiger partial charge < -0.3 is 10.6 Å². The van der Waals surface area contributed by atoms with Gasteiger partial charge in [-0.15, -0.1) is 45.9 Å². The molecule has 0 radical (unpaired) electrons. The zero-order chi connectivity index (χ0) is 15.2. The Labute approximate surface area is 138 Å². The van der Waals surface area contributed by atoms with Gasteiger partial charge in [-0.05, 0) is 0 Å². The zero-order valence-electron chi connectivity index (χ0n) is 10.6. The van der Waals surface area contributed by atoms with Crippen LogP contribution in [0.2, 0.25) is 0 Å². The Bertz CT molecular complexity index is 589. The highest BCUT2D eigenvalue weighted by molar-refractivity contribution is 7.17. The molecule has 2 N–H and O–H groups in total. The van der Waals surface area contributed by atoms with Gasteiger partial charge in [0, 0.05) is 28.6 Å². The van der Waals surface area contributed by atoms with Crippen LogP contribution in [0.15, 0.2) is 12.4 Å². The first-order valence-electron chi connectivity index (χ1n) is 5.71. The number of nitrogens with one attached hydrogen (secondary N) is 2. The maximum absolute atomic E-state index is 11.1. The van der Waals surface area contributed by atoms with Crippen molar-refractivity contribution < 1.29 is 9.59 Å². The van der Waals surface area contributed by atoms with Crippen molar-refractivity contribution in [2.45, 2.75) is 6.42 Å². The molecule has 0 aliphatic carbocycles. The monoisotopic (exact) mass is 364 g/mol. The fraction of sp³-hybridized carbons (Fsp3) is 0.273. The molecule has 6 nitrogen and oxygen atoms in total. The number of anilines is 2. The van der Waals surface area contributed by atoms with Crippen molar-refractivity contribution in [3.8, 4) is 0 Å². The number of hydrogen-bond donors (Lipinski definition) is 2. The third-order valence-electron chi connectivity index (χ3n) is 2.19.